The van der Waals surface area contributed by atoms with Crippen LogP contribution in [0.1, 0.15) is 45.4 Å². The van der Waals surface area contributed by atoms with Crippen molar-refractivity contribution in [3.8, 4) is 11.8 Å². The number of allylic oxidation sites excluding steroid dienone is 4. The minimum atomic E-state index is -0.465. The summed E-state index contributed by atoms with van der Waals surface area (Å²) in [6, 6.07) is 0. The first-order chi connectivity index (χ1) is 7.33. The van der Waals surface area contributed by atoms with E-state index in [2.05, 4.69) is 37.0 Å². The quantitative estimate of drug-likeness (QED) is 0.550. The Morgan fingerprint density at radius 3 is 3.07 bits per heavy atom. The zero-order valence-corrected chi connectivity index (χ0v) is 9.50. The third kappa shape index (κ3) is 5.44. The summed E-state index contributed by atoms with van der Waals surface area (Å²) in [5.74, 6) is 5.96. The molecule has 1 heteroatoms. The van der Waals surface area contributed by atoms with Crippen LogP contribution >= 0.6 is 0 Å². The van der Waals surface area contributed by atoms with Crippen LogP contribution in [0.25, 0.3) is 0 Å². The lowest BCUT2D eigenvalue weighted by Gasteiger charge is -1.98. The lowest BCUT2D eigenvalue weighted by Crippen LogP contribution is -2.01. The zero-order valence-electron chi connectivity index (χ0n) is 9.50. The standard InChI is InChI=1S/C14H20O/c1-2-3-4-5-10-14(15)12-11-13-8-6-7-9-13/h3-4,8,14-15H,2,5-7,9-10H2,1H3/b4-3-/t14-/m1/s1. The van der Waals surface area contributed by atoms with E-state index in [-0.39, 0.29) is 0 Å². The van der Waals surface area contributed by atoms with Gasteiger partial charge in [-0.3, -0.25) is 0 Å². The fourth-order valence-corrected chi connectivity index (χ4v) is 1.57. The smallest absolute Gasteiger partial charge is 0.115 e. The topological polar surface area (TPSA) is 20.2 Å². The molecule has 0 heterocycles. The van der Waals surface area contributed by atoms with Crippen LogP contribution < -0.4 is 0 Å². The Balaban J connectivity index is 2.22. The Morgan fingerprint density at radius 2 is 2.40 bits per heavy atom. The Kier molecular flexibility index (Phi) is 5.88. The molecule has 0 amide bonds. The maximum atomic E-state index is 9.57. The Bertz CT molecular complexity index is 288. The molecule has 0 unspecified atom stereocenters. The van der Waals surface area contributed by atoms with E-state index >= 15 is 0 Å². The number of hydrogen-bond donors (Lipinski definition) is 1. The molecule has 1 N–H and O–H groups in total. The first kappa shape index (κ1) is 12.1. The van der Waals surface area contributed by atoms with Gasteiger partial charge in [-0.15, -0.1) is 0 Å². The SMILES string of the molecule is CC/C=C\CC[C@@H](O)C#CC1=CCCC1. The summed E-state index contributed by atoms with van der Waals surface area (Å²) < 4.78 is 0. The molecule has 0 saturated heterocycles. The molecule has 0 aromatic carbocycles. The van der Waals surface area contributed by atoms with Gasteiger partial charge >= 0.3 is 0 Å². The highest BCUT2D eigenvalue weighted by atomic mass is 16.3. The Labute approximate surface area is 92.9 Å². The third-order valence-corrected chi connectivity index (χ3v) is 2.45. The molecule has 0 aromatic heterocycles. The summed E-state index contributed by atoms with van der Waals surface area (Å²) in [4.78, 5) is 0. The van der Waals surface area contributed by atoms with Gasteiger partial charge in [0.1, 0.15) is 6.10 Å². The van der Waals surface area contributed by atoms with Crippen molar-refractivity contribution in [2.24, 2.45) is 0 Å². The molecule has 82 valence electrons. The molecule has 0 spiro atoms. The molecule has 0 fully saturated rings. The Hall–Kier alpha value is -1.00. The van der Waals surface area contributed by atoms with Crippen molar-refractivity contribution in [3.63, 3.8) is 0 Å². The molecule has 1 nitrogen and oxygen atoms in total. The lowest BCUT2D eigenvalue weighted by molar-refractivity contribution is 0.223. The minimum Gasteiger partial charge on any atom is -0.380 e. The molecule has 0 saturated carbocycles. The first-order valence-corrected chi connectivity index (χ1v) is 5.86. The van der Waals surface area contributed by atoms with Crippen LogP contribution in [0.15, 0.2) is 23.8 Å². The van der Waals surface area contributed by atoms with E-state index < -0.39 is 6.10 Å². The van der Waals surface area contributed by atoms with Crippen LogP contribution in [0.3, 0.4) is 0 Å². The zero-order chi connectivity index (χ0) is 10.9. The molecule has 0 radical (unpaired) electrons. The predicted octanol–water partition coefficient (Wildman–Crippen LogP) is 3.21. The molecular weight excluding hydrogens is 184 g/mol. The lowest BCUT2D eigenvalue weighted by atomic mass is 10.1. The van der Waals surface area contributed by atoms with Crippen LogP contribution in [0, 0.1) is 11.8 Å². The van der Waals surface area contributed by atoms with Gasteiger partial charge in [0.2, 0.25) is 0 Å². The average Bonchev–Trinajstić information content (AvgIpc) is 2.74. The first-order valence-electron chi connectivity index (χ1n) is 5.86. The van der Waals surface area contributed by atoms with Crippen molar-refractivity contribution < 1.29 is 5.11 Å². The molecule has 1 rings (SSSR count). The van der Waals surface area contributed by atoms with Crippen molar-refractivity contribution in [3.05, 3.63) is 23.8 Å². The molecule has 0 aromatic rings. The van der Waals surface area contributed by atoms with Crippen LogP contribution in [0.2, 0.25) is 0 Å². The maximum absolute atomic E-state index is 9.57. The van der Waals surface area contributed by atoms with E-state index in [4.69, 9.17) is 0 Å². The molecule has 0 bridgehead atoms. The van der Waals surface area contributed by atoms with Crippen LogP contribution in [0.5, 0.6) is 0 Å². The molecule has 0 aliphatic heterocycles. The van der Waals surface area contributed by atoms with Crippen molar-refractivity contribution in [1.82, 2.24) is 0 Å². The molecule has 15 heavy (non-hydrogen) atoms. The van der Waals surface area contributed by atoms with Crippen molar-refractivity contribution in [1.29, 1.82) is 0 Å². The van der Waals surface area contributed by atoms with Crippen LogP contribution in [0.4, 0.5) is 0 Å². The van der Waals surface area contributed by atoms with Gasteiger partial charge in [-0.2, -0.15) is 0 Å². The van der Waals surface area contributed by atoms with Crippen LogP contribution in [-0.2, 0) is 0 Å². The minimum absolute atomic E-state index is 0.465. The number of aliphatic hydroxyl groups is 1. The largest absolute Gasteiger partial charge is 0.380 e. The number of hydrogen-bond acceptors (Lipinski definition) is 1. The highest BCUT2D eigenvalue weighted by molar-refractivity contribution is 5.31. The summed E-state index contributed by atoms with van der Waals surface area (Å²) in [7, 11) is 0. The van der Waals surface area contributed by atoms with E-state index in [1.54, 1.807) is 0 Å². The van der Waals surface area contributed by atoms with Gasteiger partial charge in [-0.05, 0) is 44.1 Å². The van der Waals surface area contributed by atoms with E-state index in [1.165, 1.54) is 12.0 Å². The van der Waals surface area contributed by atoms with Gasteiger partial charge in [0.15, 0.2) is 0 Å². The van der Waals surface area contributed by atoms with E-state index in [9.17, 15) is 5.11 Å². The summed E-state index contributed by atoms with van der Waals surface area (Å²) in [5.41, 5.74) is 1.21. The molecule has 1 aliphatic carbocycles. The normalized spacial score (nSPS) is 17.3. The maximum Gasteiger partial charge on any atom is 0.115 e. The van der Waals surface area contributed by atoms with Gasteiger partial charge in [-0.1, -0.05) is 37.0 Å². The van der Waals surface area contributed by atoms with Gasteiger partial charge in [0, 0.05) is 0 Å². The van der Waals surface area contributed by atoms with E-state index in [0.29, 0.717) is 0 Å². The summed E-state index contributed by atoms with van der Waals surface area (Å²) in [6.07, 6.45) is 12.1. The van der Waals surface area contributed by atoms with Gasteiger partial charge < -0.3 is 5.11 Å². The second-order valence-electron chi connectivity index (χ2n) is 3.86. The molecular formula is C14H20O. The van der Waals surface area contributed by atoms with Crippen molar-refractivity contribution in [2.75, 3.05) is 0 Å². The summed E-state index contributed by atoms with van der Waals surface area (Å²) in [6.45, 7) is 2.11. The van der Waals surface area contributed by atoms with Gasteiger partial charge in [-0.25, -0.2) is 0 Å². The molecule has 1 atom stereocenters. The number of aliphatic hydroxyl groups excluding tert-OH is 1. The van der Waals surface area contributed by atoms with Crippen molar-refractivity contribution >= 4 is 0 Å². The fraction of sp³-hybridized carbons (Fsp3) is 0.571. The summed E-state index contributed by atoms with van der Waals surface area (Å²) >= 11 is 0. The van der Waals surface area contributed by atoms with Gasteiger partial charge in [0.25, 0.3) is 0 Å². The Morgan fingerprint density at radius 1 is 1.53 bits per heavy atom. The van der Waals surface area contributed by atoms with E-state index in [0.717, 1.165) is 32.1 Å². The monoisotopic (exact) mass is 204 g/mol. The highest BCUT2D eigenvalue weighted by Crippen LogP contribution is 2.16. The predicted molar refractivity (Wildman–Crippen MR) is 64.4 cm³/mol. The third-order valence-electron chi connectivity index (χ3n) is 2.45. The van der Waals surface area contributed by atoms with E-state index in [1.807, 2.05) is 0 Å². The fourth-order valence-electron chi connectivity index (χ4n) is 1.57. The number of rotatable bonds is 4. The van der Waals surface area contributed by atoms with Crippen molar-refractivity contribution in [2.45, 2.75) is 51.6 Å². The van der Waals surface area contributed by atoms with Crippen LogP contribution in [-0.4, -0.2) is 11.2 Å². The van der Waals surface area contributed by atoms with Gasteiger partial charge in [0.05, 0.1) is 0 Å². The second kappa shape index (κ2) is 7.31. The summed E-state index contributed by atoms with van der Waals surface area (Å²) in [5, 5.41) is 9.57. The highest BCUT2D eigenvalue weighted by Gasteiger charge is 2.01. The second-order valence-corrected chi connectivity index (χ2v) is 3.86. The molecule has 1 aliphatic rings. The average molecular weight is 204 g/mol.